The second kappa shape index (κ2) is 15.9. The van der Waals surface area contributed by atoms with E-state index in [4.69, 9.17) is 33.2 Å². The van der Waals surface area contributed by atoms with Crippen LogP contribution in [-0.4, -0.2) is 61.1 Å². The third-order valence-corrected chi connectivity index (χ3v) is 8.53. The summed E-state index contributed by atoms with van der Waals surface area (Å²) in [6, 6.07) is 30.1. The Hall–Kier alpha value is -3.11. The van der Waals surface area contributed by atoms with Crippen molar-refractivity contribution in [2.45, 2.75) is 110 Å². The van der Waals surface area contributed by atoms with Crippen molar-refractivity contribution in [3.05, 3.63) is 108 Å². The van der Waals surface area contributed by atoms with Crippen molar-refractivity contribution < 1.29 is 38.0 Å². The summed E-state index contributed by atoms with van der Waals surface area (Å²) in [5.41, 5.74) is 3.17. The highest BCUT2D eigenvalue weighted by Crippen LogP contribution is 2.36. The standard InChI is InChI=1S/C37H46O8/c1-24-32(39-21-29-15-9-6-10-16-29)33(40-22-30-17-11-7-12-18-30)26(3)43-37(24)45-36-34(41-23-31-19-13-8-14-20-31)25(2)42-27(4)35(36)44-28(5)38/h6-20,24-27,32-37H,21-23H2,1-5H3/t24-,25?,26?,27-,32?,33-,34-,35-,36?,37-/m0/s1. The summed E-state index contributed by atoms with van der Waals surface area (Å²) in [7, 11) is 0. The average Bonchev–Trinajstić information content (AvgIpc) is 3.04. The maximum Gasteiger partial charge on any atom is 0.303 e. The van der Waals surface area contributed by atoms with Gasteiger partial charge in [-0.05, 0) is 37.5 Å². The Balaban J connectivity index is 1.38. The Kier molecular flexibility index (Phi) is 11.8. The molecule has 45 heavy (non-hydrogen) atoms. The van der Waals surface area contributed by atoms with Crippen molar-refractivity contribution in [2.75, 3.05) is 0 Å². The van der Waals surface area contributed by atoms with Gasteiger partial charge in [0.25, 0.3) is 0 Å². The number of esters is 1. The highest BCUT2D eigenvalue weighted by atomic mass is 16.7. The van der Waals surface area contributed by atoms with E-state index in [-0.39, 0.29) is 30.3 Å². The van der Waals surface area contributed by atoms with E-state index in [9.17, 15) is 4.79 Å². The van der Waals surface area contributed by atoms with Gasteiger partial charge in [0, 0.05) is 12.8 Å². The molecule has 8 nitrogen and oxygen atoms in total. The lowest BCUT2D eigenvalue weighted by molar-refractivity contribution is -0.335. The number of ether oxygens (including phenoxy) is 7. The molecule has 10 atom stereocenters. The largest absolute Gasteiger partial charge is 0.457 e. The zero-order valence-corrected chi connectivity index (χ0v) is 26.8. The van der Waals surface area contributed by atoms with Gasteiger partial charge >= 0.3 is 5.97 Å². The van der Waals surface area contributed by atoms with Gasteiger partial charge in [-0.15, -0.1) is 0 Å². The normalized spacial score (nSPS) is 31.8. The lowest BCUT2D eigenvalue weighted by Gasteiger charge is -2.49. The van der Waals surface area contributed by atoms with Crippen LogP contribution in [0.4, 0.5) is 0 Å². The molecule has 2 aliphatic heterocycles. The first-order valence-electron chi connectivity index (χ1n) is 15.9. The summed E-state index contributed by atoms with van der Waals surface area (Å²) in [6.07, 6.45) is -4.29. The minimum absolute atomic E-state index is 0.230. The summed E-state index contributed by atoms with van der Waals surface area (Å²) < 4.78 is 44.9. The van der Waals surface area contributed by atoms with Crippen molar-refractivity contribution >= 4 is 5.97 Å². The molecule has 4 unspecified atom stereocenters. The highest BCUT2D eigenvalue weighted by molar-refractivity contribution is 5.66. The fourth-order valence-corrected chi connectivity index (χ4v) is 6.18. The van der Waals surface area contributed by atoms with Crippen molar-refractivity contribution in [3.8, 4) is 0 Å². The van der Waals surface area contributed by atoms with Crippen molar-refractivity contribution in [1.29, 1.82) is 0 Å². The van der Waals surface area contributed by atoms with Crippen LogP contribution in [0.2, 0.25) is 0 Å². The van der Waals surface area contributed by atoms with Gasteiger partial charge in [-0.2, -0.15) is 0 Å². The van der Waals surface area contributed by atoms with Crippen LogP contribution in [0.3, 0.4) is 0 Å². The van der Waals surface area contributed by atoms with Crippen LogP contribution in [0, 0.1) is 5.92 Å². The average molecular weight is 619 g/mol. The molecule has 0 radical (unpaired) electrons. The summed E-state index contributed by atoms with van der Waals surface area (Å²) in [5.74, 6) is -0.642. The molecule has 0 spiro atoms. The van der Waals surface area contributed by atoms with Gasteiger partial charge in [0.1, 0.15) is 18.3 Å². The highest BCUT2D eigenvalue weighted by Gasteiger charge is 2.51. The first-order chi connectivity index (χ1) is 21.8. The molecule has 8 heteroatoms. The molecule has 0 aromatic heterocycles. The zero-order valence-electron chi connectivity index (χ0n) is 26.8. The van der Waals surface area contributed by atoms with E-state index in [0.29, 0.717) is 19.8 Å². The maximum absolute atomic E-state index is 12.2. The molecule has 0 N–H and O–H groups in total. The summed E-state index contributed by atoms with van der Waals surface area (Å²) in [5, 5.41) is 0. The fraction of sp³-hybridized carbons (Fsp3) is 0.486. The molecular formula is C37H46O8. The molecule has 3 aromatic carbocycles. The second-order valence-corrected chi connectivity index (χ2v) is 12.1. The summed E-state index contributed by atoms with van der Waals surface area (Å²) in [4.78, 5) is 12.2. The van der Waals surface area contributed by atoms with Crippen LogP contribution in [0.1, 0.15) is 51.3 Å². The molecule has 2 aliphatic rings. The monoisotopic (exact) mass is 618 g/mol. The van der Waals surface area contributed by atoms with Crippen molar-refractivity contribution in [2.24, 2.45) is 5.92 Å². The number of hydrogen-bond acceptors (Lipinski definition) is 8. The van der Waals surface area contributed by atoms with E-state index < -0.39 is 36.7 Å². The Morgan fingerprint density at radius 1 is 0.556 bits per heavy atom. The van der Waals surface area contributed by atoms with E-state index in [0.717, 1.165) is 16.7 Å². The number of rotatable bonds is 12. The van der Waals surface area contributed by atoms with Crippen LogP contribution < -0.4 is 0 Å². The van der Waals surface area contributed by atoms with Crippen LogP contribution >= 0.6 is 0 Å². The summed E-state index contributed by atoms with van der Waals surface area (Å²) in [6.45, 7) is 10.5. The van der Waals surface area contributed by atoms with Crippen LogP contribution in [0.25, 0.3) is 0 Å². The molecule has 242 valence electrons. The molecule has 2 saturated heterocycles. The van der Waals surface area contributed by atoms with E-state index in [1.807, 2.05) is 112 Å². The van der Waals surface area contributed by atoms with Crippen molar-refractivity contribution in [3.63, 3.8) is 0 Å². The smallest absolute Gasteiger partial charge is 0.303 e. The van der Waals surface area contributed by atoms with Gasteiger partial charge in [-0.1, -0.05) is 97.9 Å². The van der Waals surface area contributed by atoms with Gasteiger partial charge in [0.2, 0.25) is 0 Å². The Morgan fingerprint density at radius 2 is 0.956 bits per heavy atom. The molecule has 2 heterocycles. The van der Waals surface area contributed by atoms with Crippen LogP contribution in [0.15, 0.2) is 91.0 Å². The lowest BCUT2D eigenvalue weighted by Crippen LogP contribution is -2.62. The van der Waals surface area contributed by atoms with Crippen LogP contribution in [0.5, 0.6) is 0 Å². The number of carbonyl (C=O) groups excluding carboxylic acids is 1. The number of benzene rings is 3. The molecule has 3 aromatic rings. The third-order valence-electron chi connectivity index (χ3n) is 8.53. The molecule has 2 fully saturated rings. The molecule has 5 rings (SSSR count). The van der Waals surface area contributed by atoms with Crippen molar-refractivity contribution in [1.82, 2.24) is 0 Å². The number of hydrogen-bond donors (Lipinski definition) is 0. The van der Waals surface area contributed by atoms with Gasteiger partial charge in [-0.3, -0.25) is 4.79 Å². The molecule has 0 saturated carbocycles. The topological polar surface area (TPSA) is 81.7 Å². The van der Waals surface area contributed by atoms with Gasteiger partial charge in [0.15, 0.2) is 12.4 Å². The number of carbonyl (C=O) groups is 1. The van der Waals surface area contributed by atoms with Crippen LogP contribution in [-0.2, 0) is 57.8 Å². The first kappa shape index (κ1) is 33.3. The molecular weight excluding hydrogens is 572 g/mol. The van der Waals surface area contributed by atoms with Gasteiger partial charge in [0.05, 0.1) is 44.2 Å². The quantitative estimate of drug-likeness (QED) is 0.221. The maximum atomic E-state index is 12.2. The van der Waals surface area contributed by atoms with E-state index in [2.05, 4.69) is 6.92 Å². The third kappa shape index (κ3) is 8.79. The Labute approximate surface area is 266 Å². The second-order valence-electron chi connectivity index (χ2n) is 12.1. The minimum atomic E-state index is -0.693. The Morgan fingerprint density at radius 3 is 1.42 bits per heavy atom. The van der Waals surface area contributed by atoms with E-state index >= 15 is 0 Å². The summed E-state index contributed by atoms with van der Waals surface area (Å²) >= 11 is 0. The predicted molar refractivity (Wildman–Crippen MR) is 169 cm³/mol. The first-order valence-corrected chi connectivity index (χ1v) is 15.9. The van der Waals surface area contributed by atoms with E-state index in [1.54, 1.807) is 0 Å². The fourth-order valence-electron chi connectivity index (χ4n) is 6.18. The van der Waals surface area contributed by atoms with E-state index in [1.165, 1.54) is 6.92 Å². The SMILES string of the molecule is CC(=O)O[C@@H]1C(O[C@@H]2OC(C)[C@H](OCc3ccccc3)C(OCc3ccccc3)[C@@H]2C)[C@@H](OCc2ccccc2)C(C)O[C@H]1C. The van der Waals surface area contributed by atoms with Gasteiger partial charge < -0.3 is 33.2 Å². The lowest BCUT2D eigenvalue weighted by atomic mass is 9.91. The predicted octanol–water partition coefficient (Wildman–Crippen LogP) is 6.25. The minimum Gasteiger partial charge on any atom is -0.457 e. The molecule has 0 bridgehead atoms. The molecule has 0 aliphatic carbocycles. The van der Waals surface area contributed by atoms with Gasteiger partial charge in [-0.25, -0.2) is 0 Å². The Bertz CT molecular complexity index is 1310. The molecule has 0 amide bonds. The zero-order chi connectivity index (χ0) is 31.8.